The van der Waals surface area contributed by atoms with E-state index < -0.39 is 0 Å². The van der Waals surface area contributed by atoms with Crippen molar-refractivity contribution in [2.24, 2.45) is 4.99 Å². The number of esters is 1. The zero-order valence-corrected chi connectivity index (χ0v) is 9.94. The Morgan fingerprint density at radius 1 is 1.77 bits per heavy atom. The van der Waals surface area contributed by atoms with Crippen LogP contribution in [-0.4, -0.2) is 36.6 Å². The number of nitrogens with zero attached hydrogens (tertiary/aromatic N) is 1. The normalized spacial score (nSPS) is 14.1. The van der Waals surface area contributed by atoms with E-state index in [4.69, 9.17) is 4.74 Å². The lowest BCUT2D eigenvalue weighted by Gasteiger charge is -2.01. The van der Waals surface area contributed by atoms with Gasteiger partial charge in [-0.15, -0.1) is 17.0 Å². The van der Waals surface area contributed by atoms with Gasteiger partial charge in [0.15, 0.2) is 5.17 Å². The molecule has 4 nitrogen and oxygen atoms in total. The number of carbonyl (C=O) groups is 1. The van der Waals surface area contributed by atoms with Gasteiger partial charge in [0.1, 0.15) is 0 Å². The number of hydrogen-bond acceptors (Lipinski definition) is 5. The Kier molecular flexibility index (Phi) is 7.07. The molecule has 0 spiro atoms. The van der Waals surface area contributed by atoms with Crippen LogP contribution in [0.15, 0.2) is 4.99 Å². The predicted octanol–water partition coefficient (Wildman–Crippen LogP) is 0.820. The van der Waals surface area contributed by atoms with Gasteiger partial charge in [-0.25, -0.2) is 0 Å². The molecule has 1 rings (SSSR count). The van der Waals surface area contributed by atoms with Gasteiger partial charge in [0, 0.05) is 6.54 Å². The predicted molar refractivity (Wildman–Crippen MR) is 59.7 cm³/mol. The lowest BCUT2D eigenvalue weighted by atomic mass is 10.7. The Hall–Kier alpha value is -0.230. The van der Waals surface area contributed by atoms with Crippen molar-refractivity contribution in [1.29, 1.82) is 0 Å². The Balaban J connectivity index is 0.00000144. The molecule has 6 heteroatoms. The number of nitrogens with one attached hydrogen (secondary N) is 1. The van der Waals surface area contributed by atoms with Crippen LogP contribution in [0, 0.1) is 0 Å². The molecule has 1 aliphatic rings. The lowest BCUT2D eigenvalue weighted by molar-refractivity contribution is -0.139. The second-order valence-corrected chi connectivity index (χ2v) is 3.17. The molecular weight excluding hydrogens is 256 g/mol. The van der Waals surface area contributed by atoms with Crippen LogP contribution < -0.4 is 5.32 Å². The summed E-state index contributed by atoms with van der Waals surface area (Å²) in [4.78, 5) is 15.0. The maximum atomic E-state index is 10.9. The summed E-state index contributed by atoms with van der Waals surface area (Å²) in [5.74, 6) is 0.165. The summed E-state index contributed by atoms with van der Waals surface area (Å²) in [7, 11) is 0. The van der Waals surface area contributed by atoms with Crippen LogP contribution in [0.5, 0.6) is 0 Å². The highest BCUT2D eigenvalue weighted by molar-refractivity contribution is 8.93. The summed E-state index contributed by atoms with van der Waals surface area (Å²) in [5.41, 5.74) is 0. The van der Waals surface area contributed by atoms with Gasteiger partial charge in [-0.2, -0.15) is 0 Å². The van der Waals surface area contributed by atoms with Crippen molar-refractivity contribution in [3.05, 3.63) is 0 Å². The van der Waals surface area contributed by atoms with Crippen molar-refractivity contribution in [1.82, 2.24) is 5.32 Å². The van der Waals surface area contributed by atoms with Crippen LogP contribution in [0.25, 0.3) is 0 Å². The highest BCUT2D eigenvalue weighted by Crippen LogP contribution is 2.05. The number of rotatable bonds is 3. The van der Waals surface area contributed by atoms with Crippen LogP contribution in [0.3, 0.4) is 0 Å². The number of hydrogen-bond donors (Lipinski definition) is 1. The second-order valence-electron chi connectivity index (χ2n) is 2.21. The molecule has 1 heterocycles. The summed E-state index contributed by atoms with van der Waals surface area (Å²) in [5, 5.41) is 3.91. The number of aliphatic imine (C=N–C) groups is 1. The molecule has 0 saturated carbocycles. The standard InChI is InChI=1S/C7H12N2O2S.BrH/c1-2-11-6(10)5-12-7-8-3-4-9-7;/h2-5H2,1H3,(H,8,9);1H. The first-order valence-electron chi connectivity index (χ1n) is 3.89. The fraction of sp³-hybridized carbons (Fsp3) is 0.714. The van der Waals surface area contributed by atoms with E-state index in [1.165, 1.54) is 11.8 Å². The molecule has 13 heavy (non-hydrogen) atoms. The van der Waals surface area contributed by atoms with Crippen molar-refractivity contribution in [2.45, 2.75) is 6.92 Å². The molecule has 0 fully saturated rings. The van der Waals surface area contributed by atoms with Crippen molar-refractivity contribution >= 4 is 39.9 Å². The van der Waals surface area contributed by atoms with E-state index in [0.717, 1.165) is 18.3 Å². The monoisotopic (exact) mass is 268 g/mol. The smallest absolute Gasteiger partial charge is 0.316 e. The highest BCUT2D eigenvalue weighted by atomic mass is 79.9. The van der Waals surface area contributed by atoms with Gasteiger partial charge in [-0.3, -0.25) is 9.79 Å². The SMILES string of the molecule is Br.CCOC(=O)CSC1=NCCN1. The molecule has 0 amide bonds. The minimum Gasteiger partial charge on any atom is -0.465 e. The Morgan fingerprint density at radius 3 is 3.08 bits per heavy atom. The van der Waals surface area contributed by atoms with E-state index in [0.29, 0.717) is 12.4 Å². The van der Waals surface area contributed by atoms with Gasteiger partial charge in [-0.05, 0) is 6.92 Å². The largest absolute Gasteiger partial charge is 0.465 e. The van der Waals surface area contributed by atoms with E-state index in [2.05, 4.69) is 10.3 Å². The molecule has 0 aromatic carbocycles. The minimum absolute atomic E-state index is 0. The maximum Gasteiger partial charge on any atom is 0.316 e. The number of amidine groups is 1. The molecular formula is C7H13BrN2O2S. The molecule has 1 N–H and O–H groups in total. The van der Waals surface area contributed by atoms with Gasteiger partial charge in [0.25, 0.3) is 0 Å². The fourth-order valence-electron chi connectivity index (χ4n) is 0.803. The van der Waals surface area contributed by atoms with Gasteiger partial charge < -0.3 is 10.1 Å². The quantitative estimate of drug-likeness (QED) is 0.771. The molecule has 0 radical (unpaired) electrons. The maximum absolute atomic E-state index is 10.9. The van der Waals surface area contributed by atoms with E-state index in [9.17, 15) is 4.79 Å². The minimum atomic E-state index is -0.182. The third-order valence-corrected chi connectivity index (χ3v) is 2.20. The van der Waals surface area contributed by atoms with Gasteiger partial charge in [0.05, 0.1) is 18.9 Å². The summed E-state index contributed by atoms with van der Waals surface area (Å²) in [6.45, 7) is 3.93. The molecule has 76 valence electrons. The first kappa shape index (κ1) is 12.8. The molecule has 0 unspecified atom stereocenters. The summed E-state index contributed by atoms with van der Waals surface area (Å²) >= 11 is 1.40. The van der Waals surface area contributed by atoms with Crippen LogP contribution in [0.4, 0.5) is 0 Å². The van der Waals surface area contributed by atoms with Crippen molar-refractivity contribution in [3.8, 4) is 0 Å². The summed E-state index contributed by atoms with van der Waals surface area (Å²) < 4.78 is 4.76. The topological polar surface area (TPSA) is 50.7 Å². The Morgan fingerprint density at radius 2 is 2.54 bits per heavy atom. The van der Waals surface area contributed by atoms with Crippen molar-refractivity contribution in [2.75, 3.05) is 25.4 Å². The number of ether oxygens (including phenoxy) is 1. The summed E-state index contributed by atoms with van der Waals surface area (Å²) in [6, 6.07) is 0. The van der Waals surface area contributed by atoms with Crippen LogP contribution in [0.1, 0.15) is 6.92 Å². The van der Waals surface area contributed by atoms with E-state index in [1.54, 1.807) is 6.92 Å². The molecule has 1 aliphatic heterocycles. The average molecular weight is 269 g/mol. The summed E-state index contributed by atoms with van der Waals surface area (Å²) in [6.07, 6.45) is 0. The van der Waals surface area contributed by atoms with E-state index in [-0.39, 0.29) is 23.0 Å². The van der Waals surface area contributed by atoms with Crippen LogP contribution in [-0.2, 0) is 9.53 Å². The van der Waals surface area contributed by atoms with Crippen LogP contribution in [0.2, 0.25) is 0 Å². The first-order valence-corrected chi connectivity index (χ1v) is 4.88. The molecule has 0 atom stereocenters. The third kappa shape index (κ3) is 5.15. The van der Waals surface area contributed by atoms with Gasteiger partial charge in [-0.1, -0.05) is 11.8 Å². The molecule has 0 aliphatic carbocycles. The van der Waals surface area contributed by atoms with Gasteiger partial charge >= 0.3 is 5.97 Å². The molecule has 0 saturated heterocycles. The van der Waals surface area contributed by atoms with E-state index >= 15 is 0 Å². The third-order valence-electron chi connectivity index (χ3n) is 1.28. The van der Waals surface area contributed by atoms with Crippen LogP contribution >= 0.6 is 28.7 Å². The number of thioether (sulfide) groups is 1. The van der Waals surface area contributed by atoms with Gasteiger partial charge in [0.2, 0.25) is 0 Å². The average Bonchev–Trinajstić information content (AvgIpc) is 2.53. The number of carbonyl (C=O) groups excluding carboxylic acids is 1. The first-order chi connectivity index (χ1) is 5.83. The fourth-order valence-corrected chi connectivity index (χ4v) is 1.53. The highest BCUT2D eigenvalue weighted by Gasteiger charge is 2.08. The second kappa shape index (κ2) is 7.20. The van der Waals surface area contributed by atoms with Crippen molar-refractivity contribution < 1.29 is 9.53 Å². The Bertz CT molecular complexity index is 199. The molecule has 0 aromatic rings. The Labute approximate surface area is 92.3 Å². The molecule has 0 bridgehead atoms. The van der Waals surface area contributed by atoms with E-state index in [1.807, 2.05) is 0 Å². The zero-order valence-electron chi connectivity index (χ0n) is 7.41. The zero-order chi connectivity index (χ0) is 8.81. The van der Waals surface area contributed by atoms with Crippen molar-refractivity contribution in [3.63, 3.8) is 0 Å². The molecule has 0 aromatic heterocycles. The lowest BCUT2D eigenvalue weighted by Crippen LogP contribution is -2.17. The number of halogens is 1.